The van der Waals surface area contributed by atoms with E-state index in [1.807, 2.05) is 0 Å². The molecule has 0 amide bonds. The van der Waals surface area contributed by atoms with Gasteiger partial charge in [-0.25, -0.2) is 4.79 Å². The van der Waals surface area contributed by atoms with Gasteiger partial charge in [0.25, 0.3) is 0 Å². The fourth-order valence-electron chi connectivity index (χ4n) is 2.75. The van der Waals surface area contributed by atoms with Crippen LogP contribution in [0.15, 0.2) is 51.7 Å². The number of hydrogen-bond donors (Lipinski definition) is 0. The maximum Gasteiger partial charge on any atom is 0.344 e. The van der Waals surface area contributed by atoms with Crippen molar-refractivity contribution in [3.05, 3.63) is 58.4 Å². The molecule has 1 aromatic heterocycles. The molecule has 30 heavy (non-hydrogen) atoms. The first-order chi connectivity index (χ1) is 14.2. The molecule has 0 fully saturated rings. The standard InChI is InChI=1S/C23H24O7/c1-14-22(29-16-8-6-15(26-5)7-9-16)21(25)18-11-10-17(12-19(18)28-14)27-13-20(24)30-23(2,3)4/h6-12H,13H2,1-5H3. The van der Waals surface area contributed by atoms with Crippen molar-refractivity contribution in [3.8, 4) is 23.0 Å². The SMILES string of the molecule is COc1ccc(Oc2c(C)oc3cc(OCC(=O)OC(C)(C)C)ccc3c2=O)cc1. The van der Waals surface area contributed by atoms with E-state index in [4.69, 9.17) is 23.4 Å². The molecule has 0 spiro atoms. The Bertz CT molecular complexity index is 1110. The fourth-order valence-corrected chi connectivity index (χ4v) is 2.75. The minimum atomic E-state index is -0.589. The number of carbonyl (C=O) groups excluding carboxylic acids is 1. The molecule has 0 aliphatic carbocycles. The Morgan fingerprint density at radius 1 is 1.00 bits per heavy atom. The molecule has 0 N–H and O–H groups in total. The number of methoxy groups -OCH3 is 1. The van der Waals surface area contributed by atoms with Gasteiger partial charge in [-0.15, -0.1) is 0 Å². The van der Waals surface area contributed by atoms with Crippen molar-refractivity contribution in [1.29, 1.82) is 0 Å². The molecule has 0 unspecified atom stereocenters. The van der Waals surface area contributed by atoms with E-state index in [0.29, 0.717) is 34.0 Å². The van der Waals surface area contributed by atoms with Crippen LogP contribution >= 0.6 is 0 Å². The van der Waals surface area contributed by atoms with Crippen molar-refractivity contribution >= 4 is 16.9 Å². The van der Waals surface area contributed by atoms with Crippen molar-refractivity contribution in [2.75, 3.05) is 13.7 Å². The average molecular weight is 412 g/mol. The van der Waals surface area contributed by atoms with Gasteiger partial charge in [-0.1, -0.05) is 0 Å². The van der Waals surface area contributed by atoms with Crippen LogP contribution in [-0.2, 0) is 9.53 Å². The van der Waals surface area contributed by atoms with Crippen molar-refractivity contribution < 1.29 is 28.2 Å². The molecule has 0 saturated carbocycles. The third kappa shape index (κ3) is 5.11. The number of benzene rings is 2. The van der Waals surface area contributed by atoms with E-state index >= 15 is 0 Å². The van der Waals surface area contributed by atoms with E-state index in [0.717, 1.165) is 0 Å². The van der Waals surface area contributed by atoms with Gasteiger partial charge in [-0.05, 0) is 64.1 Å². The van der Waals surface area contributed by atoms with Crippen LogP contribution in [-0.4, -0.2) is 25.3 Å². The number of carbonyl (C=O) groups is 1. The predicted molar refractivity (Wildman–Crippen MR) is 112 cm³/mol. The van der Waals surface area contributed by atoms with Crippen molar-refractivity contribution in [2.24, 2.45) is 0 Å². The maximum atomic E-state index is 12.9. The minimum absolute atomic E-state index is 0.107. The summed E-state index contributed by atoms with van der Waals surface area (Å²) >= 11 is 0. The van der Waals surface area contributed by atoms with Crippen LogP contribution in [0.25, 0.3) is 11.0 Å². The highest BCUT2D eigenvalue weighted by molar-refractivity contribution is 5.80. The molecule has 0 radical (unpaired) electrons. The van der Waals surface area contributed by atoms with E-state index in [2.05, 4.69) is 0 Å². The smallest absolute Gasteiger partial charge is 0.344 e. The van der Waals surface area contributed by atoms with Crippen LogP contribution < -0.4 is 19.6 Å². The molecule has 1 heterocycles. The summed E-state index contributed by atoms with van der Waals surface area (Å²) in [7, 11) is 1.57. The highest BCUT2D eigenvalue weighted by Gasteiger charge is 2.18. The van der Waals surface area contributed by atoms with Gasteiger partial charge in [-0.2, -0.15) is 0 Å². The second-order valence-corrected chi connectivity index (χ2v) is 7.63. The molecule has 3 aromatic rings. The predicted octanol–water partition coefficient (Wildman–Crippen LogP) is 4.62. The Labute approximate surface area is 174 Å². The van der Waals surface area contributed by atoms with Gasteiger partial charge in [0.15, 0.2) is 6.61 Å². The summed E-state index contributed by atoms with van der Waals surface area (Å²) in [6, 6.07) is 11.6. The third-order valence-corrected chi connectivity index (χ3v) is 4.04. The van der Waals surface area contributed by atoms with Crippen LogP contribution in [0.3, 0.4) is 0 Å². The molecule has 0 aliphatic heterocycles. The summed E-state index contributed by atoms with van der Waals surface area (Å²) in [4.78, 5) is 24.7. The summed E-state index contributed by atoms with van der Waals surface area (Å²) in [5.41, 5.74) is -0.557. The van der Waals surface area contributed by atoms with E-state index < -0.39 is 11.6 Å². The summed E-state index contributed by atoms with van der Waals surface area (Å²) in [5, 5.41) is 0.341. The summed E-state index contributed by atoms with van der Waals surface area (Å²) in [6.07, 6.45) is 0. The third-order valence-electron chi connectivity index (χ3n) is 4.04. The fraction of sp³-hybridized carbons (Fsp3) is 0.304. The summed E-state index contributed by atoms with van der Waals surface area (Å²) < 4.78 is 27.3. The van der Waals surface area contributed by atoms with Crippen LogP contribution in [0.5, 0.6) is 23.0 Å². The van der Waals surface area contributed by atoms with E-state index in [1.165, 1.54) is 0 Å². The molecule has 0 atom stereocenters. The largest absolute Gasteiger partial charge is 0.497 e. The Morgan fingerprint density at radius 3 is 2.27 bits per heavy atom. The lowest BCUT2D eigenvalue weighted by atomic mass is 10.2. The number of rotatable bonds is 6. The summed E-state index contributed by atoms with van der Waals surface area (Å²) in [6.45, 7) is 6.75. The quantitative estimate of drug-likeness (QED) is 0.546. The average Bonchev–Trinajstić information content (AvgIpc) is 2.68. The zero-order valence-electron chi connectivity index (χ0n) is 17.6. The zero-order valence-corrected chi connectivity index (χ0v) is 17.6. The molecular formula is C23H24O7. The van der Waals surface area contributed by atoms with Gasteiger partial charge >= 0.3 is 5.97 Å². The molecule has 2 aromatic carbocycles. The van der Waals surface area contributed by atoms with E-state index in [-0.39, 0.29) is 17.8 Å². The first-order valence-electron chi connectivity index (χ1n) is 9.40. The van der Waals surface area contributed by atoms with Crippen LogP contribution in [0.4, 0.5) is 0 Å². The van der Waals surface area contributed by atoms with Crippen molar-refractivity contribution in [3.63, 3.8) is 0 Å². The number of hydrogen-bond acceptors (Lipinski definition) is 7. The van der Waals surface area contributed by atoms with Gasteiger partial charge in [0, 0.05) is 6.07 Å². The molecule has 3 rings (SSSR count). The van der Waals surface area contributed by atoms with Gasteiger partial charge in [-0.3, -0.25) is 4.79 Å². The highest BCUT2D eigenvalue weighted by Crippen LogP contribution is 2.28. The van der Waals surface area contributed by atoms with Crippen LogP contribution in [0, 0.1) is 6.92 Å². The van der Waals surface area contributed by atoms with E-state index in [9.17, 15) is 9.59 Å². The Balaban J connectivity index is 1.81. The first-order valence-corrected chi connectivity index (χ1v) is 9.40. The molecule has 0 saturated heterocycles. The van der Waals surface area contributed by atoms with Crippen LogP contribution in [0.2, 0.25) is 0 Å². The lowest BCUT2D eigenvalue weighted by Gasteiger charge is -2.19. The van der Waals surface area contributed by atoms with Crippen molar-refractivity contribution in [2.45, 2.75) is 33.3 Å². The number of fused-ring (bicyclic) bond motifs is 1. The van der Waals surface area contributed by atoms with Gasteiger partial charge < -0.3 is 23.4 Å². The van der Waals surface area contributed by atoms with Gasteiger partial charge in [0.1, 0.15) is 34.2 Å². The highest BCUT2D eigenvalue weighted by atomic mass is 16.6. The monoisotopic (exact) mass is 412 g/mol. The molecule has 0 aliphatic rings. The zero-order chi connectivity index (χ0) is 21.9. The molecule has 0 bridgehead atoms. The second-order valence-electron chi connectivity index (χ2n) is 7.63. The number of ether oxygens (including phenoxy) is 4. The topological polar surface area (TPSA) is 84.2 Å². The van der Waals surface area contributed by atoms with Gasteiger partial charge in [0.05, 0.1) is 12.5 Å². The Morgan fingerprint density at radius 2 is 1.63 bits per heavy atom. The van der Waals surface area contributed by atoms with Crippen molar-refractivity contribution in [1.82, 2.24) is 0 Å². The molecule has 7 heteroatoms. The normalized spacial score (nSPS) is 11.2. The first kappa shape index (κ1) is 21.2. The molecular weight excluding hydrogens is 388 g/mol. The lowest BCUT2D eigenvalue weighted by Crippen LogP contribution is -2.27. The second kappa shape index (κ2) is 8.49. The maximum absolute atomic E-state index is 12.9. The molecule has 7 nitrogen and oxygen atoms in total. The minimum Gasteiger partial charge on any atom is -0.497 e. The number of aryl methyl sites for hydroxylation is 1. The molecule has 158 valence electrons. The number of esters is 1. The van der Waals surface area contributed by atoms with E-state index in [1.54, 1.807) is 77.3 Å². The van der Waals surface area contributed by atoms with Crippen LogP contribution in [0.1, 0.15) is 26.5 Å². The summed E-state index contributed by atoms with van der Waals surface area (Å²) in [5.74, 6) is 1.51. The van der Waals surface area contributed by atoms with Gasteiger partial charge in [0.2, 0.25) is 11.2 Å². The Kier molecular flexibility index (Phi) is 6.01. The Hall–Kier alpha value is -3.48. The lowest BCUT2D eigenvalue weighted by molar-refractivity contribution is -0.157.